The van der Waals surface area contributed by atoms with E-state index in [9.17, 15) is 9.59 Å². The summed E-state index contributed by atoms with van der Waals surface area (Å²) in [5, 5.41) is 3.30. The number of carbonyl (C=O) groups is 2. The highest BCUT2D eigenvalue weighted by atomic mass is 35.5. The molecule has 1 amide bonds. The zero-order valence-electron chi connectivity index (χ0n) is 10.7. The third-order valence-corrected chi connectivity index (χ3v) is 3.07. The molecule has 0 unspecified atom stereocenters. The first kappa shape index (κ1) is 15.8. The SMILES string of the molecule is CC[C@H](C)NC(=O)COC(=O)c1cc(Cl)ccc1Cl. The van der Waals surface area contributed by atoms with Gasteiger partial charge < -0.3 is 10.1 Å². The van der Waals surface area contributed by atoms with Crippen molar-refractivity contribution in [3.8, 4) is 0 Å². The van der Waals surface area contributed by atoms with Crippen LogP contribution in [0.1, 0.15) is 30.6 Å². The molecule has 1 N–H and O–H groups in total. The molecule has 0 fully saturated rings. The minimum Gasteiger partial charge on any atom is -0.452 e. The van der Waals surface area contributed by atoms with Crippen molar-refractivity contribution < 1.29 is 14.3 Å². The van der Waals surface area contributed by atoms with Gasteiger partial charge in [0, 0.05) is 11.1 Å². The van der Waals surface area contributed by atoms with Crippen LogP contribution in [0.25, 0.3) is 0 Å². The Balaban J connectivity index is 2.56. The van der Waals surface area contributed by atoms with E-state index in [4.69, 9.17) is 27.9 Å². The summed E-state index contributed by atoms with van der Waals surface area (Å²) in [5.74, 6) is -1.02. The van der Waals surface area contributed by atoms with Gasteiger partial charge in [-0.15, -0.1) is 0 Å². The van der Waals surface area contributed by atoms with Crippen molar-refractivity contribution in [1.29, 1.82) is 0 Å². The second kappa shape index (κ2) is 7.36. The average molecular weight is 304 g/mol. The lowest BCUT2D eigenvalue weighted by Gasteiger charge is -2.11. The van der Waals surface area contributed by atoms with Gasteiger partial charge in [-0.25, -0.2) is 4.79 Å². The molecule has 0 radical (unpaired) electrons. The molecule has 6 heteroatoms. The monoisotopic (exact) mass is 303 g/mol. The molecule has 0 saturated carbocycles. The second-order valence-corrected chi connectivity index (χ2v) is 4.92. The third kappa shape index (κ3) is 5.09. The number of esters is 1. The molecular weight excluding hydrogens is 289 g/mol. The predicted octanol–water partition coefficient (Wildman–Crippen LogP) is 3.06. The van der Waals surface area contributed by atoms with Crippen LogP contribution in [0.5, 0.6) is 0 Å². The molecule has 1 aromatic rings. The zero-order valence-corrected chi connectivity index (χ0v) is 12.2. The van der Waals surface area contributed by atoms with E-state index in [1.807, 2.05) is 13.8 Å². The molecule has 0 saturated heterocycles. The molecule has 0 aliphatic rings. The van der Waals surface area contributed by atoms with Gasteiger partial charge in [-0.3, -0.25) is 4.79 Å². The topological polar surface area (TPSA) is 55.4 Å². The molecule has 0 aromatic heterocycles. The minimum atomic E-state index is -0.674. The number of carbonyl (C=O) groups excluding carboxylic acids is 2. The quantitative estimate of drug-likeness (QED) is 0.851. The Morgan fingerprint density at radius 1 is 1.37 bits per heavy atom. The first-order chi connectivity index (χ1) is 8.93. The molecule has 0 bridgehead atoms. The average Bonchev–Trinajstić information content (AvgIpc) is 2.38. The van der Waals surface area contributed by atoms with Crippen molar-refractivity contribution in [3.05, 3.63) is 33.8 Å². The van der Waals surface area contributed by atoms with Crippen LogP contribution >= 0.6 is 23.2 Å². The number of halogens is 2. The van der Waals surface area contributed by atoms with Gasteiger partial charge in [-0.2, -0.15) is 0 Å². The Morgan fingerprint density at radius 2 is 2.05 bits per heavy atom. The van der Waals surface area contributed by atoms with E-state index in [0.29, 0.717) is 5.02 Å². The fourth-order valence-corrected chi connectivity index (χ4v) is 1.65. The maximum absolute atomic E-state index is 11.7. The van der Waals surface area contributed by atoms with E-state index in [0.717, 1.165) is 6.42 Å². The van der Waals surface area contributed by atoms with Gasteiger partial charge in [-0.1, -0.05) is 30.1 Å². The Bertz CT molecular complexity index is 477. The largest absolute Gasteiger partial charge is 0.452 e. The van der Waals surface area contributed by atoms with Crippen molar-refractivity contribution in [1.82, 2.24) is 5.32 Å². The van der Waals surface area contributed by atoms with E-state index in [2.05, 4.69) is 5.32 Å². The fourth-order valence-electron chi connectivity index (χ4n) is 1.28. The lowest BCUT2D eigenvalue weighted by atomic mass is 10.2. The molecule has 0 aliphatic carbocycles. The highest BCUT2D eigenvalue weighted by molar-refractivity contribution is 6.35. The highest BCUT2D eigenvalue weighted by Gasteiger charge is 2.14. The first-order valence-corrected chi connectivity index (χ1v) is 6.61. The van der Waals surface area contributed by atoms with Gasteiger partial charge >= 0.3 is 5.97 Å². The standard InChI is InChI=1S/C13H15Cl2NO3/c1-3-8(2)16-12(17)7-19-13(18)10-6-9(14)4-5-11(10)15/h4-6,8H,3,7H2,1-2H3,(H,16,17)/t8-/m0/s1. The molecule has 4 nitrogen and oxygen atoms in total. The summed E-state index contributed by atoms with van der Waals surface area (Å²) in [6.07, 6.45) is 0.805. The number of rotatable bonds is 5. The third-order valence-electron chi connectivity index (χ3n) is 2.50. The van der Waals surface area contributed by atoms with Crippen molar-refractivity contribution in [2.45, 2.75) is 26.3 Å². The lowest BCUT2D eigenvalue weighted by molar-refractivity contribution is -0.124. The van der Waals surface area contributed by atoms with Gasteiger partial charge in [0.1, 0.15) is 0 Å². The van der Waals surface area contributed by atoms with Crippen LogP contribution in [0.15, 0.2) is 18.2 Å². The van der Waals surface area contributed by atoms with Gasteiger partial charge in [0.25, 0.3) is 5.91 Å². The van der Waals surface area contributed by atoms with Crippen LogP contribution in [0.3, 0.4) is 0 Å². The van der Waals surface area contributed by atoms with E-state index in [1.165, 1.54) is 12.1 Å². The normalized spacial score (nSPS) is 11.8. The molecule has 1 aromatic carbocycles. The maximum Gasteiger partial charge on any atom is 0.340 e. The smallest absolute Gasteiger partial charge is 0.340 e. The highest BCUT2D eigenvalue weighted by Crippen LogP contribution is 2.21. The van der Waals surface area contributed by atoms with E-state index >= 15 is 0 Å². The molecular formula is C13H15Cl2NO3. The Morgan fingerprint density at radius 3 is 2.68 bits per heavy atom. The van der Waals surface area contributed by atoms with Gasteiger partial charge in [0.2, 0.25) is 0 Å². The van der Waals surface area contributed by atoms with Crippen LogP contribution in [-0.4, -0.2) is 24.5 Å². The molecule has 1 atom stereocenters. The summed E-state index contributed by atoms with van der Waals surface area (Å²) in [4.78, 5) is 23.2. The van der Waals surface area contributed by atoms with Crippen LogP contribution in [0.4, 0.5) is 0 Å². The van der Waals surface area contributed by atoms with Gasteiger partial charge in [-0.05, 0) is 31.5 Å². The summed E-state index contributed by atoms with van der Waals surface area (Å²) in [6.45, 7) is 3.47. The van der Waals surface area contributed by atoms with Crippen molar-refractivity contribution in [2.24, 2.45) is 0 Å². The van der Waals surface area contributed by atoms with Crippen LogP contribution in [0.2, 0.25) is 10.0 Å². The van der Waals surface area contributed by atoms with Crippen molar-refractivity contribution in [2.75, 3.05) is 6.61 Å². The summed E-state index contributed by atoms with van der Waals surface area (Å²) in [5.41, 5.74) is 0.144. The number of benzene rings is 1. The Kier molecular flexibility index (Phi) is 6.12. The second-order valence-electron chi connectivity index (χ2n) is 4.08. The van der Waals surface area contributed by atoms with E-state index < -0.39 is 5.97 Å². The van der Waals surface area contributed by atoms with Gasteiger partial charge in [0.15, 0.2) is 6.61 Å². The fraction of sp³-hybridized carbons (Fsp3) is 0.385. The first-order valence-electron chi connectivity index (χ1n) is 5.85. The number of hydrogen-bond donors (Lipinski definition) is 1. The predicted molar refractivity (Wildman–Crippen MR) is 74.6 cm³/mol. The molecule has 0 aliphatic heterocycles. The molecule has 104 valence electrons. The van der Waals surface area contributed by atoms with Crippen molar-refractivity contribution in [3.63, 3.8) is 0 Å². The number of amides is 1. The zero-order chi connectivity index (χ0) is 14.4. The van der Waals surface area contributed by atoms with Crippen LogP contribution in [-0.2, 0) is 9.53 Å². The molecule has 1 rings (SSSR count). The summed E-state index contributed by atoms with van der Waals surface area (Å²) in [6, 6.07) is 4.51. The lowest BCUT2D eigenvalue weighted by Crippen LogP contribution is -2.35. The minimum absolute atomic E-state index is 0.0426. The Hall–Kier alpha value is -1.26. The van der Waals surface area contributed by atoms with E-state index in [1.54, 1.807) is 6.07 Å². The van der Waals surface area contributed by atoms with Gasteiger partial charge in [0.05, 0.1) is 10.6 Å². The van der Waals surface area contributed by atoms with Crippen LogP contribution < -0.4 is 5.32 Å². The van der Waals surface area contributed by atoms with E-state index in [-0.39, 0.29) is 29.1 Å². The maximum atomic E-state index is 11.7. The molecule has 0 spiro atoms. The van der Waals surface area contributed by atoms with Crippen LogP contribution in [0, 0.1) is 0 Å². The Labute approximate surface area is 122 Å². The summed E-state index contributed by atoms with van der Waals surface area (Å²) >= 11 is 11.6. The summed E-state index contributed by atoms with van der Waals surface area (Å²) < 4.78 is 4.88. The number of ether oxygens (including phenoxy) is 1. The number of nitrogens with one attached hydrogen (secondary N) is 1. The molecule has 0 heterocycles. The van der Waals surface area contributed by atoms with Crippen molar-refractivity contribution >= 4 is 35.1 Å². The molecule has 19 heavy (non-hydrogen) atoms. The number of hydrogen-bond acceptors (Lipinski definition) is 3. The summed E-state index contributed by atoms with van der Waals surface area (Å²) in [7, 11) is 0.